The van der Waals surface area contributed by atoms with Crippen molar-refractivity contribution in [1.82, 2.24) is 20.5 Å². The smallest absolute Gasteiger partial charge is 0.244 e. The summed E-state index contributed by atoms with van der Waals surface area (Å²) in [5, 5.41) is 20.0. The summed E-state index contributed by atoms with van der Waals surface area (Å²) >= 11 is 0. The molecule has 1 aliphatic carbocycles. The summed E-state index contributed by atoms with van der Waals surface area (Å²) in [7, 11) is 0. The Balaban J connectivity index is 1.66. The molecule has 0 amide bonds. The fourth-order valence-corrected chi connectivity index (χ4v) is 2.45. The first-order valence-electron chi connectivity index (χ1n) is 6.39. The number of nitrogens with one attached hydrogen (secondary N) is 2. The lowest BCUT2D eigenvalue weighted by molar-refractivity contribution is 0.0718. The van der Waals surface area contributed by atoms with Crippen molar-refractivity contribution in [3.05, 3.63) is 5.82 Å². The van der Waals surface area contributed by atoms with Crippen molar-refractivity contribution in [2.24, 2.45) is 0 Å². The molecule has 1 aliphatic heterocycles. The predicted molar refractivity (Wildman–Crippen MR) is 64.1 cm³/mol. The van der Waals surface area contributed by atoms with E-state index in [2.05, 4.69) is 25.4 Å². The van der Waals surface area contributed by atoms with Crippen LogP contribution in [-0.4, -0.2) is 52.6 Å². The second kappa shape index (κ2) is 4.62. The topological polar surface area (TPSA) is 77.1 Å². The maximum atomic E-state index is 9.29. The van der Waals surface area contributed by atoms with Crippen LogP contribution in [0.25, 0.3) is 0 Å². The molecule has 1 saturated carbocycles. The van der Waals surface area contributed by atoms with Gasteiger partial charge in [-0.15, -0.1) is 5.10 Å². The molecule has 3 N–H and O–H groups in total. The lowest BCUT2D eigenvalue weighted by Gasteiger charge is -2.29. The van der Waals surface area contributed by atoms with E-state index in [1.165, 1.54) is 0 Å². The van der Waals surface area contributed by atoms with Gasteiger partial charge in [0.2, 0.25) is 5.95 Å². The third-order valence-electron chi connectivity index (χ3n) is 3.61. The highest BCUT2D eigenvalue weighted by Gasteiger charge is 2.31. The molecular weight excluding hydrogens is 218 g/mol. The summed E-state index contributed by atoms with van der Waals surface area (Å²) in [4.78, 5) is 6.77. The van der Waals surface area contributed by atoms with Gasteiger partial charge in [0.25, 0.3) is 0 Å². The molecule has 6 heteroatoms. The Morgan fingerprint density at radius 3 is 2.94 bits per heavy atom. The van der Waals surface area contributed by atoms with E-state index in [4.69, 9.17) is 0 Å². The molecule has 2 aliphatic rings. The first-order valence-corrected chi connectivity index (χ1v) is 6.39. The van der Waals surface area contributed by atoms with Crippen LogP contribution < -0.4 is 10.2 Å². The normalized spacial score (nSPS) is 29.8. The molecular formula is C11H19N5O. The highest BCUT2D eigenvalue weighted by atomic mass is 16.3. The lowest BCUT2D eigenvalue weighted by Crippen LogP contribution is -2.29. The number of aliphatic hydroxyl groups excluding tert-OH is 1. The molecule has 1 saturated heterocycles. The highest BCUT2D eigenvalue weighted by Crippen LogP contribution is 2.35. The molecule has 3 rings (SSSR count). The van der Waals surface area contributed by atoms with Gasteiger partial charge in [0, 0.05) is 25.6 Å². The van der Waals surface area contributed by atoms with E-state index >= 15 is 0 Å². The molecule has 0 aromatic carbocycles. The summed E-state index contributed by atoms with van der Waals surface area (Å²) in [6, 6.07) is 0. The van der Waals surface area contributed by atoms with Gasteiger partial charge in [-0.25, -0.2) is 0 Å². The Hall–Kier alpha value is -1.14. The fraction of sp³-hybridized carbons (Fsp3) is 0.818. The molecule has 2 heterocycles. The molecule has 0 unspecified atom stereocenters. The van der Waals surface area contributed by atoms with Crippen LogP contribution in [0.4, 0.5) is 5.95 Å². The monoisotopic (exact) mass is 237 g/mol. The fourth-order valence-electron chi connectivity index (χ4n) is 2.45. The second-order valence-electron chi connectivity index (χ2n) is 4.93. The number of hydrogen-bond acceptors (Lipinski definition) is 5. The summed E-state index contributed by atoms with van der Waals surface area (Å²) in [6.07, 6.45) is 2.62. The summed E-state index contributed by atoms with van der Waals surface area (Å²) < 4.78 is 0. The number of aromatic amines is 1. The van der Waals surface area contributed by atoms with E-state index in [0.29, 0.717) is 5.92 Å². The number of nitrogens with zero attached hydrogens (tertiary/aromatic N) is 3. The third kappa shape index (κ3) is 2.28. The second-order valence-corrected chi connectivity index (χ2v) is 4.93. The minimum absolute atomic E-state index is 0.143. The van der Waals surface area contributed by atoms with Gasteiger partial charge in [-0.3, -0.25) is 5.10 Å². The van der Waals surface area contributed by atoms with Gasteiger partial charge in [-0.1, -0.05) is 0 Å². The zero-order valence-electron chi connectivity index (χ0n) is 9.89. The van der Waals surface area contributed by atoms with Crippen molar-refractivity contribution < 1.29 is 5.11 Å². The third-order valence-corrected chi connectivity index (χ3v) is 3.61. The van der Waals surface area contributed by atoms with E-state index < -0.39 is 0 Å². The van der Waals surface area contributed by atoms with Gasteiger partial charge >= 0.3 is 0 Å². The maximum Gasteiger partial charge on any atom is 0.244 e. The van der Waals surface area contributed by atoms with Gasteiger partial charge in [-0.05, 0) is 25.8 Å². The number of aromatic nitrogens is 3. The van der Waals surface area contributed by atoms with Crippen molar-refractivity contribution in [3.8, 4) is 0 Å². The van der Waals surface area contributed by atoms with Crippen molar-refractivity contribution >= 4 is 5.95 Å². The number of H-pyrrole nitrogens is 1. The SMILES string of the molecule is OC1CC(c2nc(N3CCCNCC3)n[nH]2)C1. The van der Waals surface area contributed by atoms with Gasteiger partial charge in [0.15, 0.2) is 0 Å². The van der Waals surface area contributed by atoms with E-state index in [9.17, 15) is 5.11 Å². The van der Waals surface area contributed by atoms with E-state index in [-0.39, 0.29) is 6.10 Å². The van der Waals surface area contributed by atoms with Crippen LogP contribution >= 0.6 is 0 Å². The molecule has 2 fully saturated rings. The molecule has 0 bridgehead atoms. The summed E-state index contributed by atoms with van der Waals surface area (Å²) in [5.41, 5.74) is 0. The van der Waals surface area contributed by atoms with Crippen LogP contribution in [0.2, 0.25) is 0 Å². The van der Waals surface area contributed by atoms with Crippen LogP contribution in [0, 0.1) is 0 Å². The highest BCUT2D eigenvalue weighted by molar-refractivity contribution is 5.29. The first-order chi connectivity index (χ1) is 8.33. The van der Waals surface area contributed by atoms with Gasteiger partial charge < -0.3 is 15.3 Å². The maximum absolute atomic E-state index is 9.29. The average molecular weight is 237 g/mol. The molecule has 94 valence electrons. The zero-order chi connectivity index (χ0) is 11.7. The Labute approximate surface area is 100 Å². The van der Waals surface area contributed by atoms with Crippen LogP contribution in [-0.2, 0) is 0 Å². The van der Waals surface area contributed by atoms with E-state index in [1.54, 1.807) is 0 Å². The lowest BCUT2D eigenvalue weighted by atomic mass is 9.82. The van der Waals surface area contributed by atoms with Crippen LogP contribution in [0.5, 0.6) is 0 Å². The van der Waals surface area contributed by atoms with Crippen molar-refractivity contribution in [2.75, 3.05) is 31.1 Å². The molecule has 0 radical (unpaired) electrons. The zero-order valence-corrected chi connectivity index (χ0v) is 9.89. The largest absolute Gasteiger partial charge is 0.393 e. The van der Waals surface area contributed by atoms with E-state index in [0.717, 1.165) is 57.2 Å². The number of aliphatic hydroxyl groups is 1. The molecule has 1 aromatic heterocycles. The van der Waals surface area contributed by atoms with Gasteiger partial charge in [-0.2, -0.15) is 4.98 Å². The molecule has 1 aromatic rings. The van der Waals surface area contributed by atoms with Gasteiger partial charge in [0.05, 0.1) is 6.10 Å². The minimum Gasteiger partial charge on any atom is -0.393 e. The van der Waals surface area contributed by atoms with Crippen molar-refractivity contribution in [3.63, 3.8) is 0 Å². The first kappa shape index (κ1) is 11.0. The molecule has 0 spiro atoms. The van der Waals surface area contributed by atoms with Crippen molar-refractivity contribution in [2.45, 2.75) is 31.3 Å². The standard InChI is InChI=1S/C11H19N5O/c17-9-6-8(7-9)10-13-11(15-14-10)16-4-1-2-12-3-5-16/h8-9,12,17H,1-7H2,(H,13,14,15). The quantitative estimate of drug-likeness (QED) is 0.666. The number of anilines is 1. The molecule has 6 nitrogen and oxygen atoms in total. The minimum atomic E-state index is -0.143. The van der Waals surface area contributed by atoms with Crippen molar-refractivity contribution in [1.29, 1.82) is 0 Å². The predicted octanol–water partition coefficient (Wildman–Crippen LogP) is -0.157. The summed E-state index contributed by atoms with van der Waals surface area (Å²) in [6.45, 7) is 4.04. The molecule has 0 atom stereocenters. The Morgan fingerprint density at radius 2 is 2.12 bits per heavy atom. The van der Waals surface area contributed by atoms with Crippen LogP contribution in [0.3, 0.4) is 0 Å². The summed E-state index contributed by atoms with van der Waals surface area (Å²) in [5.74, 6) is 2.11. The van der Waals surface area contributed by atoms with E-state index in [1.807, 2.05) is 0 Å². The number of rotatable bonds is 2. The molecule has 17 heavy (non-hydrogen) atoms. The Bertz CT molecular complexity index is 366. The Morgan fingerprint density at radius 1 is 1.24 bits per heavy atom. The van der Waals surface area contributed by atoms with Crippen LogP contribution in [0.1, 0.15) is 31.0 Å². The average Bonchev–Trinajstić information content (AvgIpc) is 2.60. The van der Waals surface area contributed by atoms with Crippen LogP contribution in [0.15, 0.2) is 0 Å². The Kier molecular flexibility index (Phi) is 2.98. The van der Waals surface area contributed by atoms with Gasteiger partial charge in [0.1, 0.15) is 5.82 Å². The number of hydrogen-bond donors (Lipinski definition) is 3.